The fourth-order valence-corrected chi connectivity index (χ4v) is 1.93. The van der Waals surface area contributed by atoms with Gasteiger partial charge in [-0.3, -0.25) is 0 Å². The van der Waals surface area contributed by atoms with Crippen LogP contribution in [0.25, 0.3) is 0 Å². The highest BCUT2D eigenvalue weighted by atomic mass is 32.2. The Kier molecular flexibility index (Phi) is 5.68. The van der Waals surface area contributed by atoms with Crippen molar-refractivity contribution in [3.8, 4) is 0 Å². The van der Waals surface area contributed by atoms with Crippen LogP contribution in [-0.2, 0) is 0 Å². The molecule has 3 nitrogen and oxygen atoms in total. The predicted octanol–water partition coefficient (Wildman–Crippen LogP) is 2.76. The van der Waals surface area contributed by atoms with Crippen LogP contribution in [0, 0.1) is 0 Å². The van der Waals surface area contributed by atoms with Gasteiger partial charge in [0.2, 0.25) is 0 Å². The molecule has 1 fully saturated rings. The van der Waals surface area contributed by atoms with Gasteiger partial charge in [0.1, 0.15) is 0 Å². The third kappa shape index (κ3) is 4.65. The molecule has 1 saturated carbocycles. The second-order valence-corrected chi connectivity index (χ2v) is 4.74. The van der Waals surface area contributed by atoms with Gasteiger partial charge < -0.3 is 5.73 Å². The molecular weight excluding hydrogens is 194 g/mol. The molecule has 0 atom stereocenters. The number of amidine groups is 1. The van der Waals surface area contributed by atoms with Gasteiger partial charge in [-0.1, -0.05) is 31.5 Å². The molecule has 0 amide bonds. The van der Waals surface area contributed by atoms with Crippen LogP contribution in [0.5, 0.6) is 0 Å². The summed E-state index contributed by atoms with van der Waals surface area (Å²) in [5.41, 5.74) is 6.87. The van der Waals surface area contributed by atoms with Gasteiger partial charge in [0.15, 0.2) is 5.17 Å². The first-order valence-electron chi connectivity index (χ1n) is 5.34. The van der Waals surface area contributed by atoms with Gasteiger partial charge in [-0.15, -0.1) is 5.10 Å². The van der Waals surface area contributed by atoms with Gasteiger partial charge in [0, 0.05) is 5.71 Å². The normalized spacial score (nSPS) is 19.2. The lowest BCUT2D eigenvalue weighted by Gasteiger charge is -1.98. The Hall–Kier alpha value is -0.510. The smallest absolute Gasteiger partial charge is 0.180 e. The summed E-state index contributed by atoms with van der Waals surface area (Å²) in [4.78, 5) is 0. The van der Waals surface area contributed by atoms with Crippen LogP contribution in [0.3, 0.4) is 0 Å². The zero-order valence-electron chi connectivity index (χ0n) is 8.83. The Morgan fingerprint density at radius 1 is 1.29 bits per heavy atom. The molecule has 0 aliphatic heterocycles. The van der Waals surface area contributed by atoms with Crippen molar-refractivity contribution in [3.05, 3.63) is 0 Å². The van der Waals surface area contributed by atoms with E-state index in [2.05, 4.69) is 17.1 Å². The van der Waals surface area contributed by atoms with Crippen LogP contribution < -0.4 is 5.73 Å². The minimum atomic E-state index is 0.587. The second kappa shape index (κ2) is 6.87. The summed E-state index contributed by atoms with van der Waals surface area (Å²) in [5, 5.41) is 8.83. The van der Waals surface area contributed by atoms with Gasteiger partial charge in [-0.2, -0.15) is 5.10 Å². The van der Waals surface area contributed by atoms with E-state index in [0.29, 0.717) is 5.17 Å². The Balaban J connectivity index is 2.44. The zero-order valence-corrected chi connectivity index (χ0v) is 9.65. The maximum absolute atomic E-state index is 5.65. The summed E-state index contributed by atoms with van der Waals surface area (Å²) < 4.78 is 0. The summed E-state index contributed by atoms with van der Waals surface area (Å²) in [6.07, 6.45) is 7.40. The number of hydrogen-bond acceptors (Lipinski definition) is 3. The topological polar surface area (TPSA) is 50.7 Å². The molecule has 2 N–H and O–H groups in total. The summed E-state index contributed by atoms with van der Waals surface area (Å²) in [6, 6.07) is 0. The van der Waals surface area contributed by atoms with Crippen molar-refractivity contribution in [2.45, 2.75) is 45.4 Å². The van der Waals surface area contributed by atoms with E-state index in [1.165, 1.54) is 31.4 Å². The molecule has 14 heavy (non-hydrogen) atoms. The maximum Gasteiger partial charge on any atom is 0.180 e. The average molecular weight is 213 g/mol. The first kappa shape index (κ1) is 11.6. The van der Waals surface area contributed by atoms with E-state index in [1.807, 2.05) is 0 Å². The van der Waals surface area contributed by atoms with Crippen LogP contribution in [0.1, 0.15) is 45.4 Å². The molecule has 1 aliphatic carbocycles. The molecule has 0 spiro atoms. The molecule has 0 heterocycles. The second-order valence-electron chi connectivity index (χ2n) is 3.45. The Bertz CT molecular complexity index is 213. The first-order chi connectivity index (χ1) is 6.83. The van der Waals surface area contributed by atoms with Gasteiger partial charge in [-0.05, 0) is 31.4 Å². The number of thioether (sulfide) groups is 1. The van der Waals surface area contributed by atoms with E-state index < -0.39 is 0 Å². The SMILES string of the molecule is CCSC(N)=NN=C1CCCCCC1. The first-order valence-corrected chi connectivity index (χ1v) is 6.33. The molecule has 0 radical (unpaired) electrons. The van der Waals surface area contributed by atoms with E-state index >= 15 is 0 Å². The third-order valence-electron chi connectivity index (χ3n) is 2.26. The summed E-state index contributed by atoms with van der Waals surface area (Å²) in [5.74, 6) is 0.959. The highest BCUT2D eigenvalue weighted by Gasteiger charge is 2.05. The molecule has 0 aromatic rings. The Morgan fingerprint density at radius 2 is 1.93 bits per heavy atom. The molecule has 1 aliphatic rings. The van der Waals surface area contributed by atoms with Crippen molar-refractivity contribution in [1.29, 1.82) is 0 Å². The minimum Gasteiger partial charge on any atom is -0.377 e. The van der Waals surface area contributed by atoms with Gasteiger partial charge >= 0.3 is 0 Å². The monoisotopic (exact) mass is 213 g/mol. The lowest BCUT2D eigenvalue weighted by Crippen LogP contribution is -2.06. The van der Waals surface area contributed by atoms with Crippen molar-refractivity contribution in [1.82, 2.24) is 0 Å². The summed E-state index contributed by atoms with van der Waals surface area (Å²) >= 11 is 1.55. The number of nitrogens with two attached hydrogens (primary N) is 1. The highest BCUT2D eigenvalue weighted by molar-refractivity contribution is 8.13. The van der Waals surface area contributed by atoms with Crippen LogP contribution in [0.4, 0.5) is 0 Å². The molecule has 0 unspecified atom stereocenters. The van der Waals surface area contributed by atoms with E-state index in [0.717, 1.165) is 18.6 Å². The highest BCUT2D eigenvalue weighted by Crippen LogP contribution is 2.15. The third-order valence-corrected chi connectivity index (χ3v) is 2.93. The minimum absolute atomic E-state index is 0.587. The van der Waals surface area contributed by atoms with Crippen LogP contribution in [0.15, 0.2) is 10.2 Å². The molecule has 0 saturated heterocycles. The predicted molar refractivity (Wildman–Crippen MR) is 64.9 cm³/mol. The van der Waals surface area contributed by atoms with E-state index in [4.69, 9.17) is 5.73 Å². The molecule has 0 aromatic heterocycles. The van der Waals surface area contributed by atoms with Crippen LogP contribution in [0.2, 0.25) is 0 Å². The standard InChI is InChI=1S/C10H19N3S/c1-2-14-10(11)13-12-9-7-5-3-4-6-8-9/h2-8H2,1H3,(H2,11,13). The lowest BCUT2D eigenvalue weighted by atomic mass is 10.2. The Labute approximate surface area is 90.2 Å². The molecule has 1 rings (SSSR count). The lowest BCUT2D eigenvalue weighted by molar-refractivity contribution is 0.702. The quantitative estimate of drug-likeness (QED) is 0.332. The van der Waals surface area contributed by atoms with E-state index in [-0.39, 0.29) is 0 Å². The molecule has 0 bridgehead atoms. The largest absolute Gasteiger partial charge is 0.377 e. The molecule has 4 heteroatoms. The van der Waals surface area contributed by atoms with E-state index in [1.54, 1.807) is 11.8 Å². The summed E-state index contributed by atoms with van der Waals surface area (Å²) in [6.45, 7) is 2.06. The van der Waals surface area contributed by atoms with Crippen LogP contribution in [-0.4, -0.2) is 16.6 Å². The molecular formula is C10H19N3S. The maximum atomic E-state index is 5.65. The molecule has 80 valence electrons. The van der Waals surface area contributed by atoms with Crippen molar-refractivity contribution >= 4 is 22.6 Å². The van der Waals surface area contributed by atoms with Crippen molar-refractivity contribution < 1.29 is 0 Å². The fourth-order valence-electron chi connectivity index (χ4n) is 1.53. The fraction of sp³-hybridized carbons (Fsp3) is 0.800. The van der Waals surface area contributed by atoms with E-state index in [9.17, 15) is 0 Å². The summed E-state index contributed by atoms with van der Waals surface area (Å²) in [7, 11) is 0. The van der Waals surface area contributed by atoms with Crippen molar-refractivity contribution in [3.63, 3.8) is 0 Å². The number of rotatable bonds is 2. The Morgan fingerprint density at radius 3 is 2.50 bits per heavy atom. The van der Waals surface area contributed by atoms with Crippen LogP contribution >= 0.6 is 11.8 Å². The number of nitrogens with zero attached hydrogens (tertiary/aromatic N) is 2. The van der Waals surface area contributed by atoms with Gasteiger partial charge in [0.25, 0.3) is 0 Å². The van der Waals surface area contributed by atoms with Crippen molar-refractivity contribution in [2.24, 2.45) is 15.9 Å². The van der Waals surface area contributed by atoms with Crippen molar-refractivity contribution in [2.75, 3.05) is 5.75 Å². The molecule has 0 aromatic carbocycles. The van der Waals surface area contributed by atoms with Gasteiger partial charge in [-0.25, -0.2) is 0 Å². The zero-order chi connectivity index (χ0) is 10.2. The van der Waals surface area contributed by atoms with Gasteiger partial charge in [0.05, 0.1) is 0 Å². The average Bonchev–Trinajstić information content (AvgIpc) is 2.43. The number of hydrogen-bond donors (Lipinski definition) is 1.